The Kier molecular flexibility index (Phi) is 5.99. The monoisotopic (exact) mass is 275 g/mol. The van der Waals surface area contributed by atoms with Gasteiger partial charge in [0, 0.05) is 13.6 Å². The lowest BCUT2D eigenvalue weighted by molar-refractivity contribution is -0.130. The molecule has 0 aliphatic heterocycles. The van der Waals surface area contributed by atoms with Crippen LogP contribution in [-0.4, -0.2) is 31.0 Å². The van der Waals surface area contributed by atoms with E-state index in [0.29, 0.717) is 6.54 Å². The Hall–Kier alpha value is -2.60. The number of rotatable bonds is 6. The highest BCUT2D eigenvalue weighted by molar-refractivity contribution is 5.76. The molecule has 0 aliphatic rings. The number of ether oxygens (including phenoxy) is 1. The molecule has 0 saturated carbocycles. The summed E-state index contributed by atoms with van der Waals surface area (Å²) in [7, 11) is 1.60. The second kappa shape index (κ2) is 7.75. The zero-order valence-corrected chi connectivity index (χ0v) is 11.1. The summed E-state index contributed by atoms with van der Waals surface area (Å²) in [5.41, 5.74) is -0.169. The van der Waals surface area contributed by atoms with Crippen LogP contribution in [0.15, 0.2) is 18.2 Å². The molecule has 1 aromatic carbocycles. The lowest BCUT2D eigenvalue weighted by atomic mass is 10.2. The predicted octanol–water partition coefficient (Wildman–Crippen LogP) is 1.84. The molecule has 5 nitrogen and oxygen atoms in total. The number of nitriles is 2. The van der Waals surface area contributed by atoms with E-state index in [1.165, 1.54) is 23.1 Å². The number of nitrogens with zero attached hydrogens (tertiary/aromatic N) is 3. The van der Waals surface area contributed by atoms with Crippen molar-refractivity contribution in [3.63, 3.8) is 0 Å². The summed E-state index contributed by atoms with van der Waals surface area (Å²) in [5, 5.41) is 17.2. The first-order valence-corrected chi connectivity index (χ1v) is 6.02. The molecular weight excluding hydrogens is 261 g/mol. The third kappa shape index (κ3) is 4.25. The first-order valence-electron chi connectivity index (χ1n) is 6.02. The van der Waals surface area contributed by atoms with Crippen molar-refractivity contribution < 1.29 is 13.9 Å². The van der Waals surface area contributed by atoms with Gasteiger partial charge in [0.2, 0.25) is 5.91 Å². The lowest BCUT2D eigenvalue weighted by Gasteiger charge is -2.15. The second-order valence-corrected chi connectivity index (χ2v) is 4.05. The molecule has 1 amide bonds. The summed E-state index contributed by atoms with van der Waals surface area (Å²) < 4.78 is 18.6. The first kappa shape index (κ1) is 15.5. The van der Waals surface area contributed by atoms with Gasteiger partial charge in [-0.15, -0.1) is 0 Å². The molecule has 0 radical (unpaired) electrons. The van der Waals surface area contributed by atoms with Crippen molar-refractivity contribution in [1.29, 1.82) is 10.5 Å². The summed E-state index contributed by atoms with van der Waals surface area (Å²) in [4.78, 5) is 13.1. The Balaban J connectivity index is 2.50. The topological polar surface area (TPSA) is 77.1 Å². The molecular formula is C14H14FN3O2. The molecule has 0 heterocycles. The van der Waals surface area contributed by atoms with Crippen molar-refractivity contribution >= 4 is 5.91 Å². The Morgan fingerprint density at radius 2 is 2.20 bits per heavy atom. The fourth-order valence-electron chi connectivity index (χ4n) is 1.51. The standard InChI is InChI=1S/C14H14FN3O2/c1-18(8-3-7-16)14(19)6-9-20-13-5-2-4-12(15)11(13)10-17/h2,4-5H,3,6,8-9H2,1H3. The quantitative estimate of drug-likeness (QED) is 0.793. The SMILES string of the molecule is CN(CCC#N)C(=O)CCOc1cccc(F)c1C#N. The van der Waals surface area contributed by atoms with Gasteiger partial charge in [-0.25, -0.2) is 4.39 Å². The summed E-state index contributed by atoms with van der Waals surface area (Å²) in [6.07, 6.45) is 0.370. The maximum absolute atomic E-state index is 13.3. The zero-order valence-electron chi connectivity index (χ0n) is 11.1. The molecule has 0 N–H and O–H groups in total. The van der Waals surface area contributed by atoms with Crippen molar-refractivity contribution in [1.82, 2.24) is 4.90 Å². The van der Waals surface area contributed by atoms with E-state index >= 15 is 0 Å². The molecule has 0 unspecified atom stereocenters. The number of hydrogen-bond donors (Lipinski definition) is 0. The van der Waals surface area contributed by atoms with E-state index in [4.69, 9.17) is 15.3 Å². The normalized spacial score (nSPS) is 9.40. The van der Waals surface area contributed by atoms with Gasteiger partial charge in [0.1, 0.15) is 23.2 Å². The fourth-order valence-corrected chi connectivity index (χ4v) is 1.51. The van der Waals surface area contributed by atoms with Crippen LogP contribution in [0.4, 0.5) is 4.39 Å². The van der Waals surface area contributed by atoms with Crippen molar-refractivity contribution in [2.45, 2.75) is 12.8 Å². The van der Waals surface area contributed by atoms with Crippen LogP contribution in [0.1, 0.15) is 18.4 Å². The number of carbonyl (C=O) groups excluding carboxylic acids is 1. The first-order chi connectivity index (χ1) is 9.60. The largest absolute Gasteiger partial charge is 0.492 e. The minimum Gasteiger partial charge on any atom is -0.492 e. The van der Waals surface area contributed by atoms with Crippen LogP contribution in [-0.2, 0) is 4.79 Å². The average Bonchev–Trinajstić information content (AvgIpc) is 2.44. The molecule has 6 heteroatoms. The Labute approximate surface area is 116 Å². The maximum atomic E-state index is 13.3. The number of benzene rings is 1. The molecule has 1 aromatic rings. The van der Waals surface area contributed by atoms with Crippen LogP contribution >= 0.6 is 0 Å². The van der Waals surface area contributed by atoms with Crippen LogP contribution in [0, 0.1) is 28.5 Å². The van der Waals surface area contributed by atoms with Gasteiger partial charge >= 0.3 is 0 Å². The van der Waals surface area contributed by atoms with Crippen LogP contribution in [0.3, 0.4) is 0 Å². The number of hydrogen-bond acceptors (Lipinski definition) is 4. The van der Waals surface area contributed by atoms with E-state index in [-0.39, 0.29) is 36.7 Å². The van der Waals surface area contributed by atoms with E-state index in [9.17, 15) is 9.18 Å². The molecule has 104 valence electrons. The number of carbonyl (C=O) groups is 1. The van der Waals surface area contributed by atoms with Gasteiger partial charge in [-0.1, -0.05) is 6.07 Å². The molecule has 0 saturated heterocycles. The molecule has 0 aliphatic carbocycles. The van der Waals surface area contributed by atoms with Gasteiger partial charge in [0.25, 0.3) is 0 Å². The van der Waals surface area contributed by atoms with Gasteiger partial charge in [-0.2, -0.15) is 10.5 Å². The van der Waals surface area contributed by atoms with Gasteiger partial charge in [0.15, 0.2) is 0 Å². The Morgan fingerprint density at radius 1 is 1.45 bits per heavy atom. The van der Waals surface area contributed by atoms with Gasteiger partial charge in [0.05, 0.1) is 25.5 Å². The van der Waals surface area contributed by atoms with Crippen molar-refractivity contribution in [3.05, 3.63) is 29.6 Å². The zero-order chi connectivity index (χ0) is 15.0. The lowest BCUT2D eigenvalue weighted by Crippen LogP contribution is -2.28. The van der Waals surface area contributed by atoms with E-state index in [2.05, 4.69) is 0 Å². The Morgan fingerprint density at radius 3 is 2.85 bits per heavy atom. The second-order valence-electron chi connectivity index (χ2n) is 4.05. The Bertz CT molecular complexity index is 561. The molecule has 20 heavy (non-hydrogen) atoms. The third-order valence-electron chi connectivity index (χ3n) is 2.65. The van der Waals surface area contributed by atoms with Crippen LogP contribution in [0.25, 0.3) is 0 Å². The minimum absolute atomic E-state index is 0.0495. The van der Waals surface area contributed by atoms with E-state index in [1.807, 2.05) is 6.07 Å². The third-order valence-corrected chi connectivity index (χ3v) is 2.65. The molecule has 0 spiro atoms. The van der Waals surface area contributed by atoms with Gasteiger partial charge in [-0.3, -0.25) is 4.79 Å². The highest BCUT2D eigenvalue weighted by Gasteiger charge is 2.11. The highest BCUT2D eigenvalue weighted by atomic mass is 19.1. The van der Waals surface area contributed by atoms with E-state index in [1.54, 1.807) is 13.1 Å². The van der Waals surface area contributed by atoms with E-state index < -0.39 is 5.82 Å². The van der Waals surface area contributed by atoms with Gasteiger partial charge < -0.3 is 9.64 Å². The summed E-state index contributed by atoms with van der Waals surface area (Å²) in [6, 6.07) is 7.76. The predicted molar refractivity (Wildman–Crippen MR) is 69.1 cm³/mol. The fraction of sp³-hybridized carbons (Fsp3) is 0.357. The molecule has 0 atom stereocenters. The molecule has 1 rings (SSSR count). The van der Waals surface area contributed by atoms with Crippen LogP contribution in [0.5, 0.6) is 5.75 Å². The number of halogens is 1. The van der Waals surface area contributed by atoms with Gasteiger partial charge in [-0.05, 0) is 12.1 Å². The van der Waals surface area contributed by atoms with Crippen molar-refractivity contribution in [3.8, 4) is 17.9 Å². The average molecular weight is 275 g/mol. The molecule has 0 aromatic heterocycles. The molecule has 0 bridgehead atoms. The number of amides is 1. The minimum atomic E-state index is -0.650. The van der Waals surface area contributed by atoms with Crippen LogP contribution in [0.2, 0.25) is 0 Å². The van der Waals surface area contributed by atoms with Crippen LogP contribution < -0.4 is 4.74 Å². The van der Waals surface area contributed by atoms with Crippen molar-refractivity contribution in [2.24, 2.45) is 0 Å². The highest BCUT2D eigenvalue weighted by Crippen LogP contribution is 2.20. The maximum Gasteiger partial charge on any atom is 0.225 e. The van der Waals surface area contributed by atoms with E-state index in [0.717, 1.165) is 0 Å². The summed E-state index contributed by atoms with van der Waals surface area (Å²) in [6.45, 7) is 0.409. The smallest absolute Gasteiger partial charge is 0.225 e. The molecule has 0 fully saturated rings. The summed E-state index contributed by atoms with van der Waals surface area (Å²) >= 11 is 0. The van der Waals surface area contributed by atoms with Crippen molar-refractivity contribution in [2.75, 3.05) is 20.2 Å². The summed E-state index contributed by atoms with van der Waals surface area (Å²) in [5.74, 6) is -0.697.